The minimum Gasteiger partial charge on any atom is -0.371 e. The van der Waals surface area contributed by atoms with E-state index in [1.165, 1.54) is 5.56 Å². The van der Waals surface area contributed by atoms with E-state index in [4.69, 9.17) is 9.26 Å². The zero-order chi connectivity index (χ0) is 12.4. The Morgan fingerprint density at radius 1 is 1.26 bits per heavy atom. The van der Waals surface area contributed by atoms with Gasteiger partial charge in [0.25, 0.3) is 5.89 Å². The highest BCUT2D eigenvalue weighted by Gasteiger charge is 2.15. The number of halogens is 1. The van der Waals surface area contributed by atoms with Crippen LogP contribution in [-0.4, -0.2) is 29.8 Å². The quantitative estimate of drug-likeness (QED) is 0.914. The van der Waals surface area contributed by atoms with Crippen molar-refractivity contribution >= 4 is 12.4 Å². The third-order valence-electron chi connectivity index (χ3n) is 2.98. The van der Waals surface area contributed by atoms with Crippen molar-refractivity contribution in [3.05, 3.63) is 35.7 Å². The summed E-state index contributed by atoms with van der Waals surface area (Å²) < 4.78 is 10.8. The molecule has 0 saturated carbocycles. The molecule has 102 valence electrons. The molecule has 1 saturated heterocycles. The molecule has 2 aromatic rings. The molecule has 19 heavy (non-hydrogen) atoms. The number of aryl methyl sites for hydroxylation is 1. The van der Waals surface area contributed by atoms with Gasteiger partial charge in [-0.05, 0) is 24.6 Å². The summed E-state index contributed by atoms with van der Waals surface area (Å²) in [6, 6.07) is 8.07. The van der Waals surface area contributed by atoms with E-state index in [0.717, 1.165) is 25.3 Å². The zero-order valence-electron chi connectivity index (χ0n) is 10.6. The van der Waals surface area contributed by atoms with Crippen LogP contribution in [0.25, 0.3) is 11.5 Å². The van der Waals surface area contributed by atoms with E-state index < -0.39 is 0 Å². The van der Waals surface area contributed by atoms with Crippen LogP contribution in [0.3, 0.4) is 0 Å². The zero-order valence-corrected chi connectivity index (χ0v) is 11.4. The first-order chi connectivity index (χ1) is 8.83. The van der Waals surface area contributed by atoms with Crippen molar-refractivity contribution in [3.8, 4) is 11.5 Å². The lowest BCUT2D eigenvalue weighted by atomic mass is 10.1. The fraction of sp³-hybridized carbons (Fsp3) is 0.385. The van der Waals surface area contributed by atoms with Crippen LogP contribution in [0.4, 0.5) is 0 Å². The summed E-state index contributed by atoms with van der Waals surface area (Å²) in [5, 5.41) is 7.10. The van der Waals surface area contributed by atoms with Gasteiger partial charge in [0.05, 0.1) is 12.7 Å². The van der Waals surface area contributed by atoms with Crippen LogP contribution in [0.1, 0.15) is 17.5 Å². The Balaban J connectivity index is 0.00000133. The number of nitrogens with one attached hydrogen (secondary N) is 1. The van der Waals surface area contributed by atoms with E-state index in [9.17, 15) is 0 Å². The molecule has 0 bridgehead atoms. The number of benzene rings is 1. The lowest BCUT2D eigenvalue weighted by Gasteiger charge is -2.23. The van der Waals surface area contributed by atoms with E-state index >= 15 is 0 Å². The summed E-state index contributed by atoms with van der Waals surface area (Å²) in [6.07, 6.45) is 0.136. The molecule has 0 radical (unpaired) electrons. The highest BCUT2D eigenvalue weighted by molar-refractivity contribution is 5.85. The summed E-state index contributed by atoms with van der Waals surface area (Å²) in [4.78, 5) is 4.20. The van der Waals surface area contributed by atoms with Gasteiger partial charge in [0.1, 0.15) is 0 Å². The minimum absolute atomic E-state index is 0. The van der Waals surface area contributed by atoms with Crippen LogP contribution in [0.2, 0.25) is 0 Å². The second-order valence-corrected chi connectivity index (χ2v) is 4.33. The van der Waals surface area contributed by atoms with Crippen molar-refractivity contribution in [2.45, 2.75) is 13.0 Å². The SMILES string of the molecule is Cc1noc(-c2ccc([C@H]3CNCCO3)cc2)n1.Cl. The van der Waals surface area contributed by atoms with E-state index in [0.29, 0.717) is 11.7 Å². The van der Waals surface area contributed by atoms with Gasteiger partial charge in [0.2, 0.25) is 0 Å². The minimum atomic E-state index is 0. The molecule has 1 aliphatic rings. The maximum atomic E-state index is 5.70. The summed E-state index contributed by atoms with van der Waals surface area (Å²) >= 11 is 0. The fourth-order valence-electron chi connectivity index (χ4n) is 2.03. The number of aromatic nitrogens is 2. The van der Waals surface area contributed by atoms with Crippen LogP contribution >= 0.6 is 12.4 Å². The monoisotopic (exact) mass is 281 g/mol. The van der Waals surface area contributed by atoms with Crippen LogP contribution in [-0.2, 0) is 4.74 Å². The lowest BCUT2D eigenvalue weighted by Crippen LogP contribution is -2.33. The van der Waals surface area contributed by atoms with Gasteiger partial charge in [-0.3, -0.25) is 0 Å². The average Bonchev–Trinajstić information content (AvgIpc) is 2.87. The molecule has 3 rings (SSSR count). The predicted molar refractivity (Wildman–Crippen MR) is 73.3 cm³/mol. The van der Waals surface area contributed by atoms with Crippen molar-refractivity contribution in [2.24, 2.45) is 0 Å². The number of nitrogens with zero attached hydrogens (tertiary/aromatic N) is 2. The number of ether oxygens (including phenoxy) is 1. The Hall–Kier alpha value is -1.43. The van der Waals surface area contributed by atoms with Crippen molar-refractivity contribution in [2.75, 3.05) is 19.7 Å². The molecule has 1 atom stereocenters. The first-order valence-electron chi connectivity index (χ1n) is 6.06. The number of hydrogen-bond acceptors (Lipinski definition) is 5. The van der Waals surface area contributed by atoms with E-state index in [1.807, 2.05) is 31.2 Å². The first-order valence-corrected chi connectivity index (χ1v) is 6.06. The first kappa shape index (κ1) is 14.0. The number of rotatable bonds is 2. The van der Waals surface area contributed by atoms with Crippen molar-refractivity contribution in [1.82, 2.24) is 15.5 Å². The van der Waals surface area contributed by atoms with E-state index in [-0.39, 0.29) is 18.5 Å². The highest BCUT2D eigenvalue weighted by Crippen LogP contribution is 2.23. The fourth-order valence-corrected chi connectivity index (χ4v) is 2.03. The van der Waals surface area contributed by atoms with Gasteiger partial charge < -0.3 is 14.6 Å². The third kappa shape index (κ3) is 3.12. The summed E-state index contributed by atoms with van der Waals surface area (Å²) in [6.45, 7) is 4.35. The van der Waals surface area contributed by atoms with Gasteiger partial charge in [0, 0.05) is 18.7 Å². The van der Waals surface area contributed by atoms with Gasteiger partial charge in [-0.1, -0.05) is 17.3 Å². The highest BCUT2D eigenvalue weighted by atomic mass is 35.5. The van der Waals surface area contributed by atoms with Crippen LogP contribution in [0.15, 0.2) is 28.8 Å². The summed E-state index contributed by atoms with van der Waals surface area (Å²) in [7, 11) is 0. The predicted octanol–water partition coefficient (Wildman–Crippen LogP) is 2.13. The Labute approximate surface area is 117 Å². The second kappa shape index (κ2) is 6.14. The number of morpholine rings is 1. The largest absolute Gasteiger partial charge is 0.371 e. The van der Waals surface area contributed by atoms with Gasteiger partial charge in [-0.25, -0.2) is 0 Å². The van der Waals surface area contributed by atoms with Crippen molar-refractivity contribution in [3.63, 3.8) is 0 Å². The topological polar surface area (TPSA) is 60.2 Å². The Bertz CT molecular complexity index is 521. The number of hydrogen-bond donors (Lipinski definition) is 1. The molecule has 6 heteroatoms. The van der Waals surface area contributed by atoms with Crippen molar-refractivity contribution in [1.29, 1.82) is 0 Å². The van der Waals surface area contributed by atoms with Crippen LogP contribution in [0.5, 0.6) is 0 Å². The smallest absolute Gasteiger partial charge is 0.257 e. The normalized spacial score (nSPS) is 18.9. The summed E-state index contributed by atoms with van der Waals surface area (Å²) in [5.74, 6) is 1.20. The molecule has 5 nitrogen and oxygen atoms in total. The Morgan fingerprint density at radius 2 is 2.05 bits per heavy atom. The molecule has 1 aromatic heterocycles. The van der Waals surface area contributed by atoms with E-state index in [2.05, 4.69) is 15.5 Å². The Kier molecular flexibility index (Phi) is 4.52. The second-order valence-electron chi connectivity index (χ2n) is 4.33. The maximum absolute atomic E-state index is 5.70. The maximum Gasteiger partial charge on any atom is 0.257 e. The molecule has 0 aliphatic carbocycles. The van der Waals surface area contributed by atoms with E-state index in [1.54, 1.807) is 0 Å². The van der Waals surface area contributed by atoms with Gasteiger partial charge in [0.15, 0.2) is 5.82 Å². The molecule has 1 N–H and O–H groups in total. The average molecular weight is 282 g/mol. The molecular weight excluding hydrogens is 266 g/mol. The van der Waals surface area contributed by atoms with Crippen LogP contribution < -0.4 is 5.32 Å². The standard InChI is InChI=1S/C13H15N3O2.ClH/c1-9-15-13(18-16-9)11-4-2-10(3-5-11)12-8-14-6-7-17-12;/h2-5,12,14H,6-8H2,1H3;1H/t12-;/m1./s1. The molecule has 0 unspecified atom stereocenters. The Morgan fingerprint density at radius 3 is 2.63 bits per heavy atom. The van der Waals surface area contributed by atoms with Crippen LogP contribution in [0, 0.1) is 6.92 Å². The molecule has 1 fully saturated rings. The van der Waals surface area contributed by atoms with Gasteiger partial charge >= 0.3 is 0 Å². The third-order valence-corrected chi connectivity index (χ3v) is 2.98. The summed E-state index contributed by atoms with van der Waals surface area (Å²) in [5.41, 5.74) is 2.10. The van der Waals surface area contributed by atoms with Gasteiger partial charge in [-0.2, -0.15) is 4.98 Å². The molecule has 0 spiro atoms. The van der Waals surface area contributed by atoms with Gasteiger partial charge in [-0.15, -0.1) is 12.4 Å². The molecule has 2 heterocycles. The van der Waals surface area contributed by atoms with Crippen molar-refractivity contribution < 1.29 is 9.26 Å². The molecule has 1 aliphatic heterocycles. The lowest BCUT2D eigenvalue weighted by molar-refractivity contribution is 0.0277. The molecule has 0 amide bonds. The molecule has 1 aromatic carbocycles. The molecular formula is C13H16ClN3O2.